The van der Waals surface area contributed by atoms with E-state index in [4.69, 9.17) is 0 Å². The monoisotopic (exact) mass is 282 g/mol. The molecule has 0 heterocycles. The molecule has 0 aliphatic heterocycles. The van der Waals surface area contributed by atoms with E-state index in [1.165, 1.54) is 12.1 Å². The van der Waals surface area contributed by atoms with Crippen molar-refractivity contribution >= 4 is 17.3 Å². The van der Waals surface area contributed by atoms with E-state index in [1.807, 2.05) is 30.3 Å². The summed E-state index contributed by atoms with van der Waals surface area (Å²) in [5, 5.41) is 13.5. The normalized spacial score (nSPS) is 19.8. The standard InChI is InChI=1S/C16H14N2O3/c19-16(15-10-14(15)11-5-2-1-3-6-11)17-12-7-4-8-13(9-12)18(20)21/h1-9,14-15H,10H2,(H,17,19)/t14-,15-/m0/s1. The van der Waals surface area contributed by atoms with Crippen LogP contribution in [0.1, 0.15) is 17.9 Å². The van der Waals surface area contributed by atoms with E-state index in [-0.39, 0.29) is 23.4 Å². The molecule has 2 atom stereocenters. The number of hydrogen-bond acceptors (Lipinski definition) is 3. The first kappa shape index (κ1) is 13.3. The third kappa shape index (κ3) is 2.91. The molecule has 106 valence electrons. The second kappa shape index (κ2) is 5.36. The molecule has 0 bridgehead atoms. The van der Waals surface area contributed by atoms with Gasteiger partial charge in [0.15, 0.2) is 0 Å². The number of nitro benzene ring substituents is 1. The second-order valence-corrected chi connectivity index (χ2v) is 5.16. The van der Waals surface area contributed by atoms with Gasteiger partial charge in [-0.05, 0) is 24.0 Å². The predicted octanol–water partition coefficient (Wildman–Crippen LogP) is 3.34. The first-order valence-corrected chi connectivity index (χ1v) is 6.75. The highest BCUT2D eigenvalue weighted by Crippen LogP contribution is 2.47. The molecule has 2 aromatic rings. The van der Waals surface area contributed by atoms with Crippen LogP contribution >= 0.6 is 0 Å². The van der Waals surface area contributed by atoms with Gasteiger partial charge in [0.1, 0.15) is 0 Å². The van der Waals surface area contributed by atoms with Gasteiger partial charge in [0.05, 0.1) is 4.92 Å². The van der Waals surface area contributed by atoms with Crippen LogP contribution in [-0.4, -0.2) is 10.8 Å². The molecule has 0 saturated heterocycles. The minimum atomic E-state index is -0.473. The molecule has 0 aromatic heterocycles. The quantitative estimate of drug-likeness (QED) is 0.690. The Morgan fingerprint density at radius 2 is 1.90 bits per heavy atom. The number of hydrogen-bond donors (Lipinski definition) is 1. The van der Waals surface area contributed by atoms with Crippen molar-refractivity contribution in [2.24, 2.45) is 5.92 Å². The lowest BCUT2D eigenvalue weighted by atomic mass is 10.1. The van der Waals surface area contributed by atoms with Crippen LogP contribution in [0.25, 0.3) is 0 Å². The van der Waals surface area contributed by atoms with E-state index in [0.29, 0.717) is 5.69 Å². The van der Waals surface area contributed by atoms with Crippen LogP contribution < -0.4 is 5.32 Å². The number of benzene rings is 2. The van der Waals surface area contributed by atoms with Crippen molar-refractivity contribution < 1.29 is 9.72 Å². The van der Waals surface area contributed by atoms with Gasteiger partial charge in [0.25, 0.3) is 5.69 Å². The molecular weight excluding hydrogens is 268 g/mol. The number of nitrogens with zero attached hydrogens (tertiary/aromatic N) is 1. The maximum Gasteiger partial charge on any atom is 0.271 e. The summed E-state index contributed by atoms with van der Waals surface area (Å²) < 4.78 is 0. The van der Waals surface area contributed by atoms with Gasteiger partial charge in [-0.15, -0.1) is 0 Å². The van der Waals surface area contributed by atoms with Gasteiger partial charge in [-0.1, -0.05) is 36.4 Å². The molecule has 1 saturated carbocycles. The number of anilines is 1. The number of carbonyl (C=O) groups is 1. The average Bonchev–Trinajstić information content (AvgIpc) is 3.29. The van der Waals surface area contributed by atoms with E-state index in [2.05, 4.69) is 5.32 Å². The maximum absolute atomic E-state index is 12.2. The van der Waals surface area contributed by atoms with Crippen molar-refractivity contribution in [1.29, 1.82) is 0 Å². The lowest BCUT2D eigenvalue weighted by molar-refractivity contribution is -0.384. The Bertz CT molecular complexity index is 685. The summed E-state index contributed by atoms with van der Waals surface area (Å²) >= 11 is 0. The Morgan fingerprint density at radius 3 is 2.62 bits per heavy atom. The minimum Gasteiger partial charge on any atom is -0.326 e. The largest absolute Gasteiger partial charge is 0.326 e. The Labute approximate surface area is 121 Å². The molecule has 3 rings (SSSR count). The topological polar surface area (TPSA) is 72.2 Å². The highest BCUT2D eigenvalue weighted by molar-refractivity contribution is 5.95. The Hall–Kier alpha value is -2.69. The number of nitro groups is 1. The predicted molar refractivity (Wildman–Crippen MR) is 79.0 cm³/mol. The Kier molecular flexibility index (Phi) is 3.39. The smallest absolute Gasteiger partial charge is 0.271 e. The summed E-state index contributed by atoms with van der Waals surface area (Å²) in [6.07, 6.45) is 0.824. The fraction of sp³-hybridized carbons (Fsp3) is 0.188. The highest BCUT2D eigenvalue weighted by atomic mass is 16.6. The Balaban J connectivity index is 1.66. The first-order chi connectivity index (χ1) is 10.1. The van der Waals surface area contributed by atoms with Crippen molar-refractivity contribution in [3.05, 3.63) is 70.3 Å². The van der Waals surface area contributed by atoms with E-state index < -0.39 is 4.92 Å². The number of amides is 1. The fourth-order valence-corrected chi connectivity index (χ4v) is 2.49. The number of non-ortho nitro benzene ring substituents is 1. The zero-order valence-electron chi connectivity index (χ0n) is 11.2. The van der Waals surface area contributed by atoms with Gasteiger partial charge >= 0.3 is 0 Å². The minimum absolute atomic E-state index is 0.0248. The third-order valence-electron chi connectivity index (χ3n) is 3.68. The van der Waals surface area contributed by atoms with Crippen LogP contribution in [0.3, 0.4) is 0 Å². The van der Waals surface area contributed by atoms with Crippen LogP contribution in [0.15, 0.2) is 54.6 Å². The summed E-state index contributed by atoms with van der Waals surface area (Å²) in [6, 6.07) is 15.9. The van der Waals surface area contributed by atoms with Gasteiger partial charge in [-0.2, -0.15) is 0 Å². The number of rotatable bonds is 4. The van der Waals surface area contributed by atoms with Crippen molar-refractivity contribution in [2.45, 2.75) is 12.3 Å². The van der Waals surface area contributed by atoms with Crippen molar-refractivity contribution in [2.75, 3.05) is 5.32 Å². The van der Waals surface area contributed by atoms with Crippen LogP contribution in [0, 0.1) is 16.0 Å². The highest BCUT2D eigenvalue weighted by Gasteiger charge is 2.43. The zero-order chi connectivity index (χ0) is 14.8. The summed E-state index contributed by atoms with van der Waals surface area (Å²) in [4.78, 5) is 22.4. The molecule has 5 nitrogen and oxygen atoms in total. The van der Waals surface area contributed by atoms with Crippen molar-refractivity contribution in [3.8, 4) is 0 Å². The molecule has 1 N–H and O–H groups in total. The molecule has 1 aliphatic carbocycles. The summed E-state index contributed by atoms with van der Waals surface area (Å²) in [5.74, 6) is 0.126. The maximum atomic E-state index is 12.2. The lowest BCUT2D eigenvalue weighted by Crippen LogP contribution is -2.14. The summed E-state index contributed by atoms with van der Waals surface area (Å²) in [5.41, 5.74) is 1.60. The SMILES string of the molecule is O=C(Nc1cccc([N+](=O)[O-])c1)[C@H]1C[C@H]1c1ccccc1. The van der Waals surface area contributed by atoms with E-state index in [9.17, 15) is 14.9 Å². The van der Waals surface area contributed by atoms with Crippen molar-refractivity contribution in [1.82, 2.24) is 0 Å². The number of nitrogens with one attached hydrogen (secondary N) is 1. The average molecular weight is 282 g/mol. The molecule has 5 heteroatoms. The summed E-state index contributed by atoms with van der Waals surface area (Å²) in [6.45, 7) is 0. The second-order valence-electron chi connectivity index (χ2n) is 5.16. The third-order valence-corrected chi connectivity index (χ3v) is 3.68. The van der Waals surface area contributed by atoms with Crippen LogP contribution in [0.2, 0.25) is 0 Å². The van der Waals surface area contributed by atoms with Crippen LogP contribution in [-0.2, 0) is 4.79 Å². The molecule has 0 spiro atoms. The van der Waals surface area contributed by atoms with Crippen LogP contribution in [0.5, 0.6) is 0 Å². The molecule has 1 fully saturated rings. The fourth-order valence-electron chi connectivity index (χ4n) is 2.49. The molecule has 1 amide bonds. The molecule has 21 heavy (non-hydrogen) atoms. The van der Waals surface area contributed by atoms with Crippen molar-refractivity contribution in [3.63, 3.8) is 0 Å². The van der Waals surface area contributed by atoms with Crippen LogP contribution in [0.4, 0.5) is 11.4 Å². The van der Waals surface area contributed by atoms with Gasteiger partial charge in [0, 0.05) is 23.7 Å². The van der Waals surface area contributed by atoms with Gasteiger partial charge < -0.3 is 5.32 Å². The zero-order valence-corrected chi connectivity index (χ0v) is 11.2. The Morgan fingerprint density at radius 1 is 1.14 bits per heavy atom. The molecular formula is C16H14N2O3. The molecule has 0 unspecified atom stereocenters. The molecule has 1 aliphatic rings. The first-order valence-electron chi connectivity index (χ1n) is 6.75. The van der Waals surface area contributed by atoms with Gasteiger partial charge in [-0.3, -0.25) is 14.9 Å². The summed E-state index contributed by atoms with van der Waals surface area (Å²) in [7, 11) is 0. The van der Waals surface area contributed by atoms with E-state index in [0.717, 1.165) is 12.0 Å². The van der Waals surface area contributed by atoms with E-state index >= 15 is 0 Å². The van der Waals surface area contributed by atoms with Gasteiger partial charge in [0.2, 0.25) is 5.91 Å². The van der Waals surface area contributed by atoms with E-state index in [1.54, 1.807) is 12.1 Å². The molecule has 0 radical (unpaired) electrons. The lowest BCUT2D eigenvalue weighted by Gasteiger charge is -2.05. The number of carbonyl (C=O) groups excluding carboxylic acids is 1. The molecule has 2 aromatic carbocycles. The van der Waals surface area contributed by atoms with Gasteiger partial charge in [-0.25, -0.2) is 0 Å².